The molecule has 4 heteroatoms. The molecule has 1 amide bonds. The third-order valence-electron chi connectivity index (χ3n) is 4.01. The van der Waals surface area contributed by atoms with Crippen molar-refractivity contribution in [2.75, 3.05) is 13.6 Å². The highest BCUT2D eigenvalue weighted by atomic mass is 79.9. The number of rotatable bonds is 3. The van der Waals surface area contributed by atoms with E-state index in [9.17, 15) is 4.79 Å². The number of hydrogen-bond acceptors (Lipinski definition) is 2. The molecule has 1 fully saturated rings. The molecular formula is C15H18BrNO2. The summed E-state index contributed by atoms with van der Waals surface area (Å²) in [5, 5.41) is 0. The zero-order chi connectivity index (χ0) is 13.4. The van der Waals surface area contributed by atoms with Gasteiger partial charge in [0.2, 0.25) is 0 Å². The number of fused-ring (bicyclic) bond motifs is 1. The van der Waals surface area contributed by atoms with Gasteiger partial charge < -0.3 is 9.64 Å². The molecule has 1 atom stereocenters. The molecule has 1 aliphatic heterocycles. The summed E-state index contributed by atoms with van der Waals surface area (Å²) in [6.07, 6.45) is 2.71. The van der Waals surface area contributed by atoms with Gasteiger partial charge in [-0.2, -0.15) is 0 Å². The number of nitrogens with zero attached hydrogens (tertiary/aromatic N) is 1. The Hall–Kier alpha value is -1.03. The minimum absolute atomic E-state index is 0.106. The number of ether oxygens (including phenoxy) is 1. The Balaban J connectivity index is 1.57. The smallest absolute Gasteiger partial charge is 0.263 e. The van der Waals surface area contributed by atoms with Crippen molar-refractivity contribution in [1.29, 1.82) is 0 Å². The summed E-state index contributed by atoms with van der Waals surface area (Å²) in [6, 6.07) is 7.90. The van der Waals surface area contributed by atoms with Gasteiger partial charge in [-0.25, -0.2) is 0 Å². The predicted molar refractivity (Wildman–Crippen MR) is 77.6 cm³/mol. The van der Waals surface area contributed by atoms with Crippen LogP contribution in [-0.2, 0) is 11.2 Å². The van der Waals surface area contributed by atoms with Crippen molar-refractivity contribution < 1.29 is 9.53 Å². The number of alkyl halides is 1. The molecular weight excluding hydrogens is 306 g/mol. The first-order valence-electron chi connectivity index (χ1n) is 6.77. The van der Waals surface area contributed by atoms with Crippen molar-refractivity contribution in [3.63, 3.8) is 0 Å². The van der Waals surface area contributed by atoms with Crippen LogP contribution in [0.3, 0.4) is 0 Å². The highest BCUT2D eigenvalue weighted by Gasteiger charge is 2.34. The summed E-state index contributed by atoms with van der Waals surface area (Å²) in [5.41, 5.74) is 1.14. The van der Waals surface area contributed by atoms with Crippen LogP contribution >= 0.6 is 15.9 Å². The minimum atomic E-state index is -0.331. The van der Waals surface area contributed by atoms with Gasteiger partial charge >= 0.3 is 0 Å². The molecule has 1 aromatic carbocycles. The zero-order valence-electron chi connectivity index (χ0n) is 11.0. The molecule has 0 spiro atoms. The van der Waals surface area contributed by atoms with Crippen LogP contribution in [0, 0.1) is 5.92 Å². The zero-order valence-corrected chi connectivity index (χ0v) is 12.6. The number of benzene rings is 1. The van der Waals surface area contributed by atoms with Crippen LogP contribution in [0.15, 0.2) is 24.3 Å². The normalized spacial score (nSPS) is 28.2. The molecule has 2 aliphatic rings. The van der Waals surface area contributed by atoms with E-state index in [-0.39, 0.29) is 12.0 Å². The lowest BCUT2D eigenvalue weighted by Crippen LogP contribution is -2.43. The molecule has 1 aliphatic carbocycles. The van der Waals surface area contributed by atoms with Gasteiger partial charge in [0.05, 0.1) is 0 Å². The molecule has 1 saturated carbocycles. The fraction of sp³-hybridized carbons (Fsp3) is 0.533. The van der Waals surface area contributed by atoms with E-state index in [1.54, 1.807) is 0 Å². The summed E-state index contributed by atoms with van der Waals surface area (Å²) < 4.78 is 5.74. The Bertz CT molecular complexity index is 460. The summed E-state index contributed by atoms with van der Waals surface area (Å²) in [6.45, 7) is 0.844. The van der Waals surface area contributed by atoms with Gasteiger partial charge in [0.25, 0.3) is 5.91 Å². The Kier molecular flexibility index (Phi) is 3.52. The van der Waals surface area contributed by atoms with Crippen LogP contribution in [0.4, 0.5) is 0 Å². The number of carbonyl (C=O) groups is 1. The molecule has 3 rings (SSSR count). The Labute approximate surface area is 122 Å². The molecule has 102 valence electrons. The third kappa shape index (κ3) is 2.64. The molecule has 0 saturated heterocycles. The van der Waals surface area contributed by atoms with Gasteiger partial charge in [-0.15, -0.1) is 0 Å². The monoisotopic (exact) mass is 323 g/mol. The van der Waals surface area contributed by atoms with Gasteiger partial charge in [0.15, 0.2) is 6.10 Å². The Morgan fingerprint density at radius 3 is 2.84 bits per heavy atom. The van der Waals surface area contributed by atoms with Crippen LogP contribution in [-0.4, -0.2) is 35.3 Å². The second-order valence-electron chi connectivity index (χ2n) is 5.57. The average Bonchev–Trinajstić information content (AvgIpc) is 2.79. The van der Waals surface area contributed by atoms with Gasteiger partial charge in [-0.05, 0) is 30.4 Å². The summed E-state index contributed by atoms with van der Waals surface area (Å²) in [5.74, 6) is 1.61. The predicted octanol–water partition coefficient (Wildman–Crippen LogP) is 2.62. The first-order chi connectivity index (χ1) is 9.13. The Morgan fingerprint density at radius 1 is 1.42 bits per heavy atom. The van der Waals surface area contributed by atoms with Crippen molar-refractivity contribution in [2.24, 2.45) is 5.92 Å². The van der Waals surface area contributed by atoms with E-state index in [0.29, 0.717) is 17.2 Å². The molecule has 19 heavy (non-hydrogen) atoms. The summed E-state index contributed by atoms with van der Waals surface area (Å²) in [7, 11) is 1.89. The molecule has 1 aromatic rings. The van der Waals surface area contributed by atoms with E-state index < -0.39 is 0 Å². The minimum Gasteiger partial charge on any atom is -0.480 e. The van der Waals surface area contributed by atoms with Crippen molar-refractivity contribution in [3.8, 4) is 5.75 Å². The molecule has 1 heterocycles. The number of carbonyl (C=O) groups excluding carboxylic acids is 1. The number of hydrogen-bond donors (Lipinski definition) is 0. The number of para-hydroxylation sites is 1. The molecule has 0 radical (unpaired) electrons. The highest BCUT2D eigenvalue weighted by Crippen LogP contribution is 2.34. The fourth-order valence-electron chi connectivity index (χ4n) is 2.85. The van der Waals surface area contributed by atoms with Gasteiger partial charge in [-0.3, -0.25) is 4.79 Å². The maximum Gasteiger partial charge on any atom is 0.263 e. The molecule has 1 unspecified atom stereocenters. The average molecular weight is 324 g/mol. The topological polar surface area (TPSA) is 29.5 Å². The summed E-state index contributed by atoms with van der Waals surface area (Å²) in [4.78, 5) is 14.8. The van der Waals surface area contributed by atoms with Crippen LogP contribution in [0.1, 0.15) is 18.4 Å². The maximum atomic E-state index is 12.4. The standard InChI is InChI=1S/C15H18BrNO2/c1-17(9-10-6-12(16)7-10)15(18)14-8-11-4-2-3-5-13(11)19-14/h2-5,10,12,14H,6-9H2,1H3. The number of likely N-dealkylation sites (N-methyl/N-ethyl adjacent to an activating group) is 1. The largest absolute Gasteiger partial charge is 0.480 e. The van der Waals surface area contributed by atoms with Crippen LogP contribution in [0.25, 0.3) is 0 Å². The van der Waals surface area contributed by atoms with Crippen LogP contribution in [0.2, 0.25) is 0 Å². The molecule has 0 aromatic heterocycles. The second-order valence-corrected chi connectivity index (χ2v) is 6.87. The Morgan fingerprint density at radius 2 is 2.16 bits per heavy atom. The van der Waals surface area contributed by atoms with Crippen molar-refractivity contribution in [2.45, 2.75) is 30.2 Å². The van der Waals surface area contributed by atoms with E-state index in [1.807, 2.05) is 36.2 Å². The first kappa shape index (κ1) is 13.0. The number of halogens is 1. The molecule has 0 bridgehead atoms. The van der Waals surface area contributed by atoms with E-state index in [2.05, 4.69) is 15.9 Å². The molecule has 0 N–H and O–H groups in total. The first-order valence-corrected chi connectivity index (χ1v) is 7.68. The van der Waals surface area contributed by atoms with Gasteiger partial charge in [0, 0.05) is 24.8 Å². The fourth-order valence-corrected chi connectivity index (χ4v) is 3.90. The van der Waals surface area contributed by atoms with E-state index in [4.69, 9.17) is 4.74 Å². The maximum absolute atomic E-state index is 12.4. The van der Waals surface area contributed by atoms with Crippen LogP contribution in [0.5, 0.6) is 5.75 Å². The van der Waals surface area contributed by atoms with Gasteiger partial charge in [0.1, 0.15) is 5.75 Å². The van der Waals surface area contributed by atoms with Gasteiger partial charge in [-0.1, -0.05) is 34.1 Å². The van der Waals surface area contributed by atoms with E-state index in [1.165, 1.54) is 12.8 Å². The van der Waals surface area contributed by atoms with Crippen molar-refractivity contribution >= 4 is 21.8 Å². The van der Waals surface area contributed by atoms with Crippen LogP contribution < -0.4 is 4.74 Å². The number of amides is 1. The van der Waals surface area contributed by atoms with Crippen molar-refractivity contribution in [1.82, 2.24) is 4.90 Å². The van der Waals surface area contributed by atoms with E-state index in [0.717, 1.165) is 17.9 Å². The third-order valence-corrected chi connectivity index (χ3v) is 4.76. The molecule has 3 nitrogen and oxygen atoms in total. The lowest BCUT2D eigenvalue weighted by molar-refractivity contribution is -0.137. The quantitative estimate of drug-likeness (QED) is 0.800. The second kappa shape index (κ2) is 5.16. The van der Waals surface area contributed by atoms with E-state index >= 15 is 0 Å². The summed E-state index contributed by atoms with van der Waals surface area (Å²) >= 11 is 3.59. The van der Waals surface area contributed by atoms with Crippen molar-refractivity contribution in [3.05, 3.63) is 29.8 Å². The lowest BCUT2D eigenvalue weighted by Gasteiger charge is -2.34. The SMILES string of the molecule is CN(CC1CC(Br)C1)C(=O)C1Cc2ccccc2O1. The highest BCUT2D eigenvalue weighted by molar-refractivity contribution is 9.09. The lowest BCUT2D eigenvalue weighted by atomic mass is 9.85.